The fourth-order valence-electron chi connectivity index (χ4n) is 3.87. The Morgan fingerprint density at radius 1 is 1.35 bits per heavy atom. The molecule has 0 amide bonds. The second kappa shape index (κ2) is 8.30. The van der Waals surface area contributed by atoms with Crippen LogP contribution in [0.4, 0.5) is 0 Å². The number of carbonyl (C=O) groups excluding carboxylic acids is 1. The van der Waals surface area contributed by atoms with Crippen LogP contribution < -0.4 is 5.32 Å². The van der Waals surface area contributed by atoms with Gasteiger partial charge in [-0.15, -0.1) is 0 Å². The van der Waals surface area contributed by atoms with Crippen molar-refractivity contribution < 1.29 is 14.6 Å². The van der Waals surface area contributed by atoms with Gasteiger partial charge >= 0.3 is 5.97 Å². The third-order valence-corrected chi connectivity index (χ3v) is 5.60. The topological polar surface area (TPSA) is 113 Å². The van der Waals surface area contributed by atoms with Gasteiger partial charge in [-0.3, -0.25) is 0 Å². The number of aliphatic hydroxyl groups excluding tert-OH is 1. The highest BCUT2D eigenvalue weighted by Crippen LogP contribution is 2.28. The van der Waals surface area contributed by atoms with Crippen molar-refractivity contribution in [2.45, 2.75) is 40.0 Å². The highest BCUT2D eigenvalue weighted by Gasteiger charge is 2.25. The molecule has 0 radical (unpaired) electrons. The third kappa shape index (κ3) is 3.93. The van der Waals surface area contributed by atoms with E-state index in [0.717, 1.165) is 27.8 Å². The van der Waals surface area contributed by atoms with E-state index in [1.54, 1.807) is 23.0 Å². The molecule has 0 spiro atoms. The minimum absolute atomic E-state index is 0.259. The first-order chi connectivity index (χ1) is 14.9. The average molecular weight is 417 g/mol. The number of rotatable bonds is 6. The summed E-state index contributed by atoms with van der Waals surface area (Å²) in [6.45, 7) is 6.73. The lowest BCUT2D eigenvalue weighted by Crippen LogP contribution is -2.21. The number of nitrogens with one attached hydrogen (secondary N) is 1. The van der Waals surface area contributed by atoms with Crippen molar-refractivity contribution >= 4 is 5.97 Å². The lowest BCUT2D eigenvalue weighted by Gasteiger charge is -2.16. The van der Waals surface area contributed by atoms with Gasteiger partial charge < -0.3 is 15.2 Å². The smallest absolute Gasteiger partial charge is 0.338 e. The molecule has 2 N–H and O–H groups in total. The summed E-state index contributed by atoms with van der Waals surface area (Å²) in [5, 5.41) is 27.4. The molecule has 0 saturated heterocycles. The van der Waals surface area contributed by atoms with Crippen molar-refractivity contribution in [2.75, 3.05) is 6.54 Å². The first-order valence-corrected chi connectivity index (χ1v) is 9.99. The van der Waals surface area contributed by atoms with Crippen LogP contribution in [0.25, 0.3) is 5.82 Å². The number of ether oxygens (including phenoxy) is 1. The SMILES string of the molecule is Cc1cc(-n2cc(CNC[C@H](O)c3ccc4c(c3C)COC4=O)cn2)nc(C)c1C#N. The number of pyridine rings is 1. The highest BCUT2D eigenvalue weighted by molar-refractivity contribution is 5.93. The zero-order valence-electron chi connectivity index (χ0n) is 17.6. The summed E-state index contributed by atoms with van der Waals surface area (Å²) in [6.07, 6.45) is 2.91. The van der Waals surface area contributed by atoms with E-state index in [1.807, 2.05) is 33.0 Å². The van der Waals surface area contributed by atoms with E-state index in [2.05, 4.69) is 21.5 Å². The number of nitriles is 1. The molecule has 0 bridgehead atoms. The minimum Gasteiger partial charge on any atom is -0.457 e. The molecule has 0 unspecified atom stereocenters. The van der Waals surface area contributed by atoms with Gasteiger partial charge in [-0.25, -0.2) is 14.5 Å². The van der Waals surface area contributed by atoms with Gasteiger partial charge in [0.25, 0.3) is 0 Å². The maximum atomic E-state index is 11.7. The first-order valence-electron chi connectivity index (χ1n) is 9.99. The third-order valence-electron chi connectivity index (χ3n) is 5.60. The summed E-state index contributed by atoms with van der Waals surface area (Å²) < 4.78 is 6.75. The van der Waals surface area contributed by atoms with Crippen molar-refractivity contribution in [3.05, 3.63) is 75.2 Å². The quantitative estimate of drug-likeness (QED) is 0.593. The molecule has 8 nitrogen and oxygen atoms in total. The van der Waals surface area contributed by atoms with Gasteiger partial charge in [0.2, 0.25) is 0 Å². The van der Waals surface area contributed by atoms with Crippen LogP contribution in [0.3, 0.4) is 0 Å². The fraction of sp³-hybridized carbons (Fsp3) is 0.304. The Morgan fingerprint density at radius 3 is 2.90 bits per heavy atom. The predicted molar refractivity (Wildman–Crippen MR) is 113 cm³/mol. The fourth-order valence-corrected chi connectivity index (χ4v) is 3.87. The maximum absolute atomic E-state index is 11.7. The zero-order chi connectivity index (χ0) is 22.1. The number of benzene rings is 1. The molecule has 0 fully saturated rings. The number of aryl methyl sites for hydroxylation is 2. The lowest BCUT2D eigenvalue weighted by molar-refractivity contribution is 0.0535. The van der Waals surface area contributed by atoms with Crippen molar-refractivity contribution in [3.8, 4) is 11.9 Å². The van der Waals surface area contributed by atoms with Gasteiger partial charge in [0, 0.05) is 30.4 Å². The normalized spacial score (nSPS) is 13.6. The Bertz CT molecular complexity index is 1190. The Kier molecular flexibility index (Phi) is 5.55. The first kappa shape index (κ1) is 20.7. The standard InChI is InChI=1S/C23H23N5O3/c1-13-6-22(27-15(3)19(13)7-24)28-11-16(9-26-28)8-25-10-21(29)17-4-5-18-20(14(17)2)12-31-23(18)30/h4-6,9,11,21,25,29H,8,10,12H2,1-3H3/t21-/m0/s1. The van der Waals surface area contributed by atoms with Gasteiger partial charge in [-0.2, -0.15) is 10.4 Å². The van der Waals surface area contributed by atoms with Crippen LogP contribution in [0, 0.1) is 32.1 Å². The molecule has 0 saturated carbocycles. The molecule has 8 heteroatoms. The van der Waals surface area contributed by atoms with Crippen LogP contribution >= 0.6 is 0 Å². The molecule has 1 aliphatic rings. The van der Waals surface area contributed by atoms with Gasteiger partial charge in [-0.05, 0) is 49.6 Å². The van der Waals surface area contributed by atoms with E-state index in [4.69, 9.17) is 4.74 Å². The molecular formula is C23H23N5O3. The van der Waals surface area contributed by atoms with E-state index in [0.29, 0.717) is 35.7 Å². The summed E-state index contributed by atoms with van der Waals surface area (Å²) in [5.41, 5.74) is 6.17. The number of hydrogen-bond acceptors (Lipinski definition) is 7. The molecule has 3 heterocycles. The van der Waals surface area contributed by atoms with Gasteiger partial charge in [0.05, 0.1) is 29.1 Å². The maximum Gasteiger partial charge on any atom is 0.338 e. The summed E-state index contributed by atoms with van der Waals surface area (Å²) in [7, 11) is 0. The number of aliphatic hydroxyl groups is 1. The molecule has 4 rings (SSSR count). The molecule has 158 valence electrons. The summed E-state index contributed by atoms with van der Waals surface area (Å²) in [5.74, 6) is 0.349. The number of esters is 1. The van der Waals surface area contributed by atoms with Gasteiger partial charge in [0.15, 0.2) is 5.82 Å². The van der Waals surface area contributed by atoms with Crippen LogP contribution in [0.2, 0.25) is 0 Å². The van der Waals surface area contributed by atoms with E-state index in [-0.39, 0.29) is 12.6 Å². The molecule has 1 aliphatic heterocycles. The predicted octanol–water partition coefficient (Wildman–Crippen LogP) is 2.56. The van der Waals surface area contributed by atoms with Crippen molar-refractivity contribution in [1.29, 1.82) is 5.26 Å². The zero-order valence-corrected chi connectivity index (χ0v) is 17.6. The summed E-state index contributed by atoms with van der Waals surface area (Å²) >= 11 is 0. The van der Waals surface area contributed by atoms with E-state index >= 15 is 0 Å². The van der Waals surface area contributed by atoms with Crippen LogP contribution in [0.1, 0.15) is 55.5 Å². The van der Waals surface area contributed by atoms with E-state index in [9.17, 15) is 15.2 Å². The number of aromatic nitrogens is 3. The van der Waals surface area contributed by atoms with E-state index in [1.165, 1.54) is 0 Å². The second-order valence-corrected chi connectivity index (χ2v) is 7.69. The molecule has 3 aromatic rings. The van der Waals surface area contributed by atoms with Crippen molar-refractivity contribution in [1.82, 2.24) is 20.1 Å². The number of cyclic esters (lactones) is 1. The molecular weight excluding hydrogens is 394 g/mol. The Morgan fingerprint density at radius 2 is 2.16 bits per heavy atom. The Labute approximate surface area is 180 Å². The summed E-state index contributed by atoms with van der Waals surface area (Å²) in [4.78, 5) is 16.1. The molecule has 0 aliphatic carbocycles. The van der Waals surface area contributed by atoms with Crippen LogP contribution in [-0.4, -0.2) is 32.4 Å². The van der Waals surface area contributed by atoms with E-state index < -0.39 is 6.10 Å². The van der Waals surface area contributed by atoms with Gasteiger partial charge in [0.1, 0.15) is 12.7 Å². The molecule has 31 heavy (non-hydrogen) atoms. The van der Waals surface area contributed by atoms with Crippen LogP contribution in [-0.2, 0) is 17.9 Å². The Hall–Kier alpha value is -3.54. The monoisotopic (exact) mass is 417 g/mol. The second-order valence-electron chi connectivity index (χ2n) is 7.69. The molecule has 1 aromatic carbocycles. The lowest BCUT2D eigenvalue weighted by atomic mass is 9.95. The average Bonchev–Trinajstić information content (AvgIpc) is 3.35. The molecule has 2 aromatic heterocycles. The largest absolute Gasteiger partial charge is 0.457 e. The number of fused-ring (bicyclic) bond motifs is 1. The van der Waals surface area contributed by atoms with Gasteiger partial charge in [-0.1, -0.05) is 6.07 Å². The van der Waals surface area contributed by atoms with Crippen LogP contribution in [0.5, 0.6) is 0 Å². The number of hydrogen-bond donors (Lipinski definition) is 2. The number of carbonyl (C=O) groups is 1. The minimum atomic E-state index is -0.707. The molecule has 1 atom stereocenters. The van der Waals surface area contributed by atoms with Crippen LogP contribution in [0.15, 0.2) is 30.6 Å². The van der Waals surface area contributed by atoms with Crippen molar-refractivity contribution in [3.63, 3.8) is 0 Å². The highest BCUT2D eigenvalue weighted by atomic mass is 16.5. The number of nitrogens with zero attached hydrogens (tertiary/aromatic N) is 4. The summed E-state index contributed by atoms with van der Waals surface area (Å²) in [6, 6.07) is 7.51. The van der Waals surface area contributed by atoms with Crippen molar-refractivity contribution in [2.24, 2.45) is 0 Å². The Balaban J connectivity index is 1.40.